The number of benzene rings is 2. The van der Waals surface area contributed by atoms with Gasteiger partial charge in [-0.05, 0) is 30.7 Å². The molecule has 0 fully saturated rings. The van der Waals surface area contributed by atoms with Gasteiger partial charge in [-0.2, -0.15) is 10.2 Å². The van der Waals surface area contributed by atoms with Gasteiger partial charge in [-0.25, -0.2) is 4.99 Å². The van der Waals surface area contributed by atoms with Gasteiger partial charge in [0.2, 0.25) is 0 Å². The van der Waals surface area contributed by atoms with Crippen LogP contribution >= 0.6 is 22.6 Å². The Balaban J connectivity index is 1.97. The lowest BCUT2D eigenvalue weighted by atomic mass is 10.0. The maximum absolute atomic E-state index is 6.23. The van der Waals surface area contributed by atoms with Gasteiger partial charge in [-0.15, -0.1) is 0 Å². The first-order chi connectivity index (χ1) is 17.5. The van der Waals surface area contributed by atoms with Crippen LogP contribution < -0.4 is 21.3 Å². The van der Waals surface area contributed by atoms with Gasteiger partial charge in [0.05, 0.1) is 36.0 Å². The molecule has 0 aliphatic rings. The first kappa shape index (κ1) is 27.1. The number of pyridine rings is 1. The summed E-state index contributed by atoms with van der Waals surface area (Å²) >= 11 is 2.26. The molecular weight excluding hydrogens is 565 g/mol. The summed E-state index contributed by atoms with van der Waals surface area (Å²) in [5, 5.41) is 10.5. The topological polar surface area (TPSA) is 114 Å². The highest BCUT2D eigenvalue weighted by Gasteiger charge is 2.14. The average Bonchev–Trinajstić information content (AvgIpc) is 2.92. The summed E-state index contributed by atoms with van der Waals surface area (Å²) in [6.07, 6.45) is 4.48. The van der Waals surface area contributed by atoms with E-state index in [2.05, 4.69) is 39.6 Å². The molecule has 0 bridgehead atoms. The minimum absolute atomic E-state index is 0.476. The van der Waals surface area contributed by atoms with Crippen molar-refractivity contribution in [1.29, 1.82) is 0 Å². The molecule has 0 saturated heterocycles. The van der Waals surface area contributed by atoms with Crippen molar-refractivity contribution in [3.8, 4) is 17.0 Å². The number of aliphatic imine (C=N–C) groups is 1. The van der Waals surface area contributed by atoms with Gasteiger partial charge in [0.15, 0.2) is 5.84 Å². The number of nitrogens with zero attached hydrogens (tertiary/aromatic N) is 5. The van der Waals surface area contributed by atoms with E-state index in [4.69, 9.17) is 26.4 Å². The molecule has 0 saturated carbocycles. The van der Waals surface area contributed by atoms with E-state index in [0.717, 1.165) is 46.6 Å². The molecule has 0 atom stereocenters. The zero-order chi connectivity index (χ0) is 25.9. The predicted octanol–water partition coefficient (Wildman–Crippen LogP) is 5.20. The summed E-state index contributed by atoms with van der Waals surface area (Å²) in [7, 11) is 3.48. The second-order valence-electron chi connectivity index (χ2n) is 8.01. The van der Waals surface area contributed by atoms with Crippen molar-refractivity contribution < 1.29 is 4.74 Å². The number of methoxy groups -OCH3 is 1. The van der Waals surface area contributed by atoms with Crippen molar-refractivity contribution in [1.82, 2.24) is 4.98 Å². The quantitative estimate of drug-likeness (QED) is 0.0833. The Morgan fingerprint density at radius 1 is 1.06 bits per heavy atom. The van der Waals surface area contributed by atoms with E-state index < -0.39 is 0 Å². The number of aromatic nitrogens is 1. The van der Waals surface area contributed by atoms with E-state index in [1.165, 1.54) is 0 Å². The first-order valence-electron chi connectivity index (χ1n) is 11.7. The van der Waals surface area contributed by atoms with Crippen molar-refractivity contribution in [2.45, 2.75) is 26.2 Å². The third-order valence-electron chi connectivity index (χ3n) is 5.55. The molecule has 36 heavy (non-hydrogen) atoms. The molecule has 0 aliphatic carbocycles. The number of halogens is 1. The standard InChI is InChI=1S/C27H32IN7O/c1-4-5-14-26(29)32-27(22-12-8-9-13-25(22)36-3)34-35(2)19-15-16-23(31-18-19)20-10-6-7-11-21(20)24(17-28)33-30/h6-13,15-16,18H,4-5,14,17,30H2,1-3H3,(H2,29,32,34)/b33-24+. The van der Waals surface area contributed by atoms with E-state index in [1.807, 2.05) is 67.7 Å². The molecular formula is C27H32IN7O. The summed E-state index contributed by atoms with van der Waals surface area (Å²) in [4.78, 5) is 9.35. The summed E-state index contributed by atoms with van der Waals surface area (Å²) < 4.78 is 6.25. The van der Waals surface area contributed by atoms with Crippen molar-refractivity contribution in [3.63, 3.8) is 0 Å². The van der Waals surface area contributed by atoms with Gasteiger partial charge in [0, 0.05) is 29.0 Å². The van der Waals surface area contributed by atoms with Gasteiger partial charge in [-0.3, -0.25) is 9.99 Å². The summed E-state index contributed by atoms with van der Waals surface area (Å²) in [6, 6.07) is 19.5. The molecule has 0 spiro atoms. The molecule has 4 N–H and O–H groups in total. The SMILES string of the molecule is CCCCC(N)=NC(=NN(C)c1ccc(-c2ccccc2/C(CI)=N/N)nc1)c1ccccc1OC. The minimum Gasteiger partial charge on any atom is -0.496 e. The summed E-state index contributed by atoms with van der Waals surface area (Å²) in [5.74, 6) is 7.30. The van der Waals surface area contributed by atoms with Gasteiger partial charge in [0.1, 0.15) is 11.6 Å². The Labute approximate surface area is 226 Å². The molecule has 3 aromatic rings. The molecule has 3 rings (SSSR count). The number of hydrazone groups is 2. The second kappa shape index (κ2) is 13.6. The van der Waals surface area contributed by atoms with E-state index in [1.54, 1.807) is 18.3 Å². The van der Waals surface area contributed by atoms with E-state index in [0.29, 0.717) is 28.3 Å². The van der Waals surface area contributed by atoms with Crippen LogP contribution in [0.5, 0.6) is 5.75 Å². The van der Waals surface area contributed by atoms with Crippen molar-refractivity contribution in [2.24, 2.45) is 26.8 Å². The highest BCUT2D eigenvalue weighted by atomic mass is 127. The third kappa shape index (κ3) is 6.81. The molecule has 0 radical (unpaired) electrons. The largest absolute Gasteiger partial charge is 0.496 e. The Morgan fingerprint density at radius 3 is 2.42 bits per heavy atom. The monoisotopic (exact) mass is 597 g/mol. The third-order valence-corrected chi connectivity index (χ3v) is 6.27. The maximum Gasteiger partial charge on any atom is 0.184 e. The Bertz CT molecular complexity index is 1240. The minimum atomic E-state index is 0.476. The Kier molecular flexibility index (Phi) is 10.2. The normalized spacial score (nSPS) is 12.5. The highest BCUT2D eigenvalue weighted by molar-refractivity contribution is 14.1. The lowest BCUT2D eigenvalue weighted by Crippen LogP contribution is -2.18. The Hall–Kier alpha value is -3.47. The first-order valence-corrected chi connectivity index (χ1v) is 13.2. The number of amidine groups is 2. The number of rotatable bonds is 10. The highest BCUT2D eigenvalue weighted by Crippen LogP contribution is 2.26. The molecule has 188 valence electrons. The maximum atomic E-state index is 6.23. The number of hydrogen-bond donors (Lipinski definition) is 2. The number of ether oxygens (including phenoxy) is 1. The van der Waals surface area contributed by atoms with Crippen molar-refractivity contribution >= 4 is 45.7 Å². The van der Waals surface area contributed by atoms with Crippen LogP contribution in [-0.2, 0) is 0 Å². The number of hydrogen-bond acceptors (Lipinski definition) is 6. The predicted molar refractivity (Wildman–Crippen MR) is 158 cm³/mol. The number of anilines is 1. The summed E-state index contributed by atoms with van der Waals surface area (Å²) in [6.45, 7) is 2.12. The van der Waals surface area contributed by atoms with Crippen molar-refractivity contribution in [2.75, 3.05) is 23.6 Å². The fourth-order valence-electron chi connectivity index (χ4n) is 3.59. The molecule has 0 unspecified atom stereocenters. The molecule has 2 aromatic carbocycles. The van der Waals surface area contributed by atoms with Crippen LogP contribution in [0.2, 0.25) is 0 Å². The zero-order valence-electron chi connectivity index (χ0n) is 20.9. The van der Waals surface area contributed by atoms with Crippen LogP contribution in [-0.4, -0.2) is 41.0 Å². The van der Waals surface area contributed by atoms with Crippen LogP contribution in [0.3, 0.4) is 0 Å². The van der Waals surface area contributed by atoms with Gasteiger partial charge < -0.3 is 16.3 Å². The van der Waals surface area contributed by atoms with Crippen LogP contribution in [0.15, 0.2) is 82.1 Å². The zero-order valence-corrected chi connectivity index (χ0v) is 23.0. The average molecular weight is 598 g/mol. The van der Waals surface area contributed by atoms with Gasteiger partial charge in [0.25, 0.3) is 0 Å². The van der Waals surface area contributed by atoms with Gasteiger partial charge in [-0.1, -0.05) is 72.3 Å². The lowest BCUT2D eigenvalue weighted by Gasteiger charge is -2.16. The molecule has 9 heteroatoms. The molecule has 1 heterocycles. The molecule has 0 aliphatic heterocycles. The Morgan fingerprint density at radius 2 is 1.78 bits per heavy atom. The molecule has 8 nitrogen and oxygen atoms in total. The fourth-order valence-corrected chi connectivity index (χ4v) is 4.19. The lowest BCUT2D eigenvalue weighted by molar-refractivity contribution is 0.414. The van der Waals surface area contributed by atoms with Crippen LogP contribution in [0.1, 0.15) is 37.3 Å². The number of alkyl halides is 1. The number of nitrogens with two attached hydrogens (primary N) is 2. The summed E-state index contributed by atoms with van der Waals surface area (Å²) in [5.41, 5.74) is 11.4. The van der Waals surface area contributed by atoms with Crippen LogP contribution in [0.25, 0.3) is 11.3 Å². The fraction of sp³-hybridized carbons (Fsp3) is 0.259. The number of para-hydroxylation sites is 1. The van der Waals surface area contributed by atoms with E-state index in [9.17, 15) is 0 Å². The number of unbranched alkanes of at least 4 members (excludes halogenated alkanes) is 1. The molecule has 1 aromatic heterocycles. The van der Waals surface area contributed by atoms with Crippen LogP contribution in [0, 0.1) is 0 Å². The van der Waals surface area contributed by atoms with Gasteiger partial charge >= 0.3 is 0 Å². The van der Waals surface area contributed by atoms with Crippen LogP contribution in [0.4, 0.5) is 5.69 Å². The smallest absolute Gasteiger partial charge is 0.184 e. The van der Waals surface area contributed by atoms with E-state index >= 15 is 0 Å². The second-order valence-corrected chi connectivity index (χ2v) is 8.77. The molecule has 0 amide bonds. The van der Waals surface area contributed by atoms with Crippen molar-refractivity contribution in [3.05, 3.63) is 78.0 Å². The van der Waals surface area contributed by atoms with E-state index in [-0.39, 0.29) is 0 Å².